The van der Waals surface area contributed by atoms with Gasteiger partial charge in [-0.1, -0.05) is 60.2 Å². The van der Waals surface area contributed by atoms with Crippen molar-refractivity contribution in [2.75, 3.05) is 20.6 Å². The van der Waals surface area contributed by atoms with E-state index in [1.807, 2.05) is 4.90 Å². The molecule has 1 aliphatic heterocycles. The lowest BCUT2D eigenvalue weighted by Crippen LogP contribution is -2.54. The highest BCUT2D eigenvalue weighted by atomic mass is 16.2. The van der Waals surface area contributed by atoms with Crippen LogP contribution in [0.25, 0.3) is 0 Å². The molecular formula is C24H31N3O. The summed E-state index contributed by atoms with van der Waals surface area (Å²) in [5.41, 5.74) is 3.80. The van der Waals surface area contributed by atoms with Gasteiger partial charge in [-0.25, -0.2) is 4.79 Å². The van der Waals surface area contributed by atoms with Gasteiger partial charge in [-0.3, -0.25) is 4.90 Å². The van der Waals surface area contributed by atoms with E-state index < -0.39 is 0 Å². The van der Waals surface area contributed by atoms with Crippen molar-refractivity contribution in [2.24, 2.45) is 0 Å². The number of aryl methyl sites for hydroxylation is 1. The van der Waals surface area contributed by atoms with E-state index in [-0.39, 0.29) is 17.1 Å². The van der Waals surface area contributed by atoms with Crippen LogP contribution in [-0.2, 0) is 12.1 Å². The van der Waals surface area contributed by atoms with Gasteiger partial charge in [0.15, 0.2) is 0 Å². The minimum absolute atomic E-state index is 0.0572. The van der Waals surface area contributed by atoms with Crippen LogP contribution in [0.2, 0.25) is 0 Å². The SMILES string of the molecule is Cc1ccc(CN2CC3(CCC(c4ccccc4)(N(C)C)CC3)NC2=O)cc1. The van der Waals surface area contributed by atoms with Gasteiger partial charge in [-0.15, -0.1) is 0 Å². The van der Waals surface area contributed by atoms with E-state index >= 15 is 0 Å². The summed E-state index contributed by atoms with van der Waals surface area (Å²) in [6.07, 6.45) is 4.14. The molecule has 1 aliphatic carbocycles. The molecular weight excluding hydrogens is 346 g/mol. The Morgan fingerprint density at radius 2 is 1.61 bits per heavy atom. The van der Waals surface area contributed by atoms with Gasteiger partial charge in [-0.05, 0) is 57.8 Å². The van der Waals surface area contributed by atoms with E-state index in [9.17, 15) is 4.79 Å². The number of benzene rings is 2. The van der Waals surface area contributed by atoms with Gasteiger partial charge in [0.2, 0.25) is 0 Å². The van der Waals surface area contributed by atoms with Gasteiger partial charge in [0.25, 0.3) is 0 Å². The topological polar surface area (TPSA) is 35.6 Å². The van der Waals surface area contributed by atoms with Crippen molar-refractivity contribution in [1.29, 1.82) is 0 Å². The van der Waals surface area contributed by atoms with E-state index in [1.165, 1.54) is 16.7 Å². The summed E-state index contributed by atoms with van der Waals surface area (Å²) >= 11 is 0. The molecule has 0 aromatic heterocycles. The van der Waals surface area contributed by atoms with Crippen molar-refractivity contribution in [2.45, 2.75) is 50.2 Å². The number of carbonyl (C=O) groups excluding carboxylic acids is 1. The Labute approximate surface area is 168 Å². The van der Waals surface area contributed by atoms with Crippen molar-refractivity contribution in [1.82, 2.24) is 15.1 Å². The molecule has 0 atom stereocenters. The van der Waals surface area contributed by atoms with Gasteiger partial charge >= 0.3 is 6.03 Å². The molecule has 4 heteroatoms. The third-order valence-corrected chi connectivity index (χ3v) is 6.85. The zero-order valence-electron chi connectivity index (χ0n) is 17.2. The maximum Gasteiger partial charge on any atom is 0.318 e. The summed E-state index contributed by atoms with van der Waals surface area (Å²) in [5, 5.41) is 3.35. The fraction of sp³-hybridized carbons (Fsp3) is 0.458. The zero-order chi connectivity index (χ0) is 19.8. The first kappa shape index (κ1) is 19.0. The number of hydrogen-bond donors (Lipinski definition) is 1. The largest absolute Gasteiger partial charge is 0.331 e. The molecule has 0 unspecified atom stereocenters. The number of nitrogens with one attached hydrogen (secondary N) is 1. The normalized spacial score (nSPS) is 27.4. The second-order valence-electron chi connectivity index (χ2n) is 8.84. The Morgan fingerprint density at radius 1 is 0.964 bits per heavy atom. The average Bonchev–Trinajstić information content (AvgIpc) is 3.00. The van der Waals surface area contributed by atoms with Crippen LogP contribution in [0.1, 0.15) is 42.4 Å². The molecule has 4 rings (SSSR count). The highest BCUT2D eigenvalue weighted by molar-refractivity contribution is 5.78. The van der Waals surface area contributed by atoms with Gasteiger partial charge in [0.05, 0.1) is 5.54 Å². The van der Waals surface area contributed by atoms with Gasteiger partial charge in [0.1, 0.15) is 0 Å². The quantitative estimate of drug-likeness (QED) is 0.863. The summed E-state index contributed by atoms with van der Waals surface area (Å²) in [5.74, 6) is 0. The second kappa shape index (κ2) is 7.25. The number of nitrogens with zero attached hydrogens (tertiary/aromatic N) is 2. The fourth-order valence-electron chi connectivity index (χ4n) is 4.99. The summed E-state index contributed by atoms with van der Waals surface area (Å²) in [6.45, 7) is 3.58. The molecule has 2 aromatic rings. The zero-order valence-corrected chi connectivity index (χ0v) is 17.2. The number of amides is 2. The Kier molecular flexibility index (Phi) is 4.92. The molecule has 4 nitrogen and oxygen atoms in total. The van der Waals surface area contributed by atoms with Gasteiger partial charge in [-0.2, -0.15) is 0 Å². The maximum absolute atomic E-state index is 12.7. The van der Waals surface area contributed by atoms with Crippen LogP contribution < -0.4 is 5.32 Å². The second-order valence-corrected chi connectivity index (χ2v) is 8.84. The first-order chi connectivity index (χ1) is 13.4. The van der Waals surface area contributed by atoms with E-state index in [2.05, 4.69) is 85.8 Å². The van der Waals surface area contributed by atoms with Crippen molar-refractivity contribution >= 4 is 6.03 Å². The lowest BCUT2D eigenvalue weighted by Gasteiger charge is -2.48. The maximum atomic E-state index is 12.7. The third-order valence-electron chi connectivity index (χ3n) is 6.85. The Morgan fingerprint density at radius 3 is 2.21 bits per heavy atom. The summed E-state index contributed by atoms with van der Waals surface area (Å²) < 4.78 is 0. The molecule has 1 heterocycles. The summed E-state index contributed by atoms with van der Waals surface area (Å²) in [7, 11) is 4.36. The molecule has 0 bridgehead atoms. The van der Waals surface area contributed by atoms with Crippen LogP contribution in [-0.4, -0.2) is 42.0 Å². The van der Waals surface area contributed by atoms with Crippen molar-refractivity contribution in [3.8, 4) is 0 Å². The van der Waals surface area contributed by atoms with Crippen LogP contribution >= 0.6 is 0 Å². The van der Waals surface area contributed by atoms with E-state index in [0.717, 1.165) is 32.2 Å². The minimum Gasteiger partial charge on any atom is -0.331 e. The summed E-state index contributed by atoms with van der Waals surface area (Å²) in [6, 6.07) is 19.4. The first-order valence-electron chi connectivity index (χ1n) is 10.3. The highest BCUT2D eigenvalue weighted by Crippen LogP contribution is 2.46. The molecule has 1 saturated carbocycles. The predicted molar refractivity (Wildman–Crippen MR) is 113 cm³/mol. The lowest BCUT2D eigenvalue weighted by molar-refractivity contribution is 0.0617. The predicted octanol–water partition coefficient (Wildman–Crippen LogP) is 4.29. The number of rotatable bonds is 4. The molecule has 1 N–H and O–H groups in total. The Hall–Kier alpha value is -2.33. The standard InChI is InChI=1S/C24H31N3O/c1-19-9-11-20(12-10-19)17-27-18-23(25-22(27)28)13-15-24(16-14-23,26(2)3)21-7-5-4-6-8-21/h4-12H,13-18H2,1-3H3,(H,25,28). The molecule has 1 saturated heterocycles. The van der Waals surface area contributed by atoms with Crippen molar-refractivity contribution in [3.05, 3.63) is 71.3 Å². The van der Waals surface area contributed by atoms with E-state index in [1.54, 1.807) is 0 Å². The molecule has 0 radical (unpaired) electrons. The minimum atomic E-state index is -0.0872. The lowest BCUT2D eigenvalue weighted by atomic mass is 9.69. The fourth-order valence-corrected chi connectivity index (χ4v) is 4.99. The van der Waals surface area contributed by atoms with Crippen LogP contribution in [0.15, 0.2) is 54.6 Å². The van der Waals surface area contributed by atoms with E-state index in [0.29, 0.717) is 6.54 Å². The molecule has 2 aromatic carbocycles. The molecule has 2 aliphatic rings. The van der Waals surface area contributed by atoms with Crippen LogP contribution in [0.3, 0.4) is 0 Å². The first-order valence-corrected chi connectivity index (χ1v) is 10.3. The Bertz CT molecular complexity index is 821. The van der Waals surface area contributed by atoms with E-state index in [4.69, 9.17) is 0 Å². The number of hydrogen-bond acceptors (Lipinski definition) is 2. The van der Waals surface area contributed by atoms with Crippen molar-refractivity contribution < 1.29 is 4.79 Å². The molecule has 2 amide bonds. The monoisotopic (exact) mass is 377 g/mol. The van der Waals surface area contributed by atoms with Crippen LogP contribution in [0.4, 0.5) is 4.79 Å². The number of urea groups is 1. The number of carbonyl (C=O) groups is 1. The average molecular weight is 378 g/mol. The molecule has 1 spiro atoms. The molecule has 148 valence electrons. The molecule has 2 fully saturated rings. The van der Waals surface area contributed by atoms with Gasteiger partial charge < -0.3 is 10.2 Å². The Balaban J connectivity index is 1.48. The third kappa shape index (κ3) is 3.42. The molecule has 28 heavy (non-hydrogen) atoms. The van der Waals surface area contributed by atoms with Gasteiger partial charge in [0, 0.05) is 18.6 Å². The summed E-state index contributed by atoms with van der Waals surface area (Å²) in [4.78, 5) is 17.0. The smallest absolute Gasteiger partial charge is 0.318 e. The van der Waals surface area contributed by atoms with Crippen molar-refractivity contribution in [3.63, 3.8) is 0 Å². The highest BCUT2D eigenvalue weighted by Gasteiger charge is 2.49. The van der Waals surface area contributed by atoms with Crippen LogP contribution in [0.5, 0.6) is 0 Å². The van der Waals surface area contributed by atoms with Crippen LogP contribution in [0, 0.1) is 6.92 Å².